The summed E-state index contributed by atoms with van der Waals surface area (Å²) in [5.74, 6) is 1.22. The molecule has 0 aliphatic carbocycles. The van der Waals surface area contributed by atoms with Crippen LogP contribution in [0.1, 0.15) is 6.42 Å². The van der Waals surface area contributed by atoms with Crippen LogP contribution in [0.3, 0.4) is 0 Å². The van der Waals surface area contributed by atoms with Gasteiger partial charge >= 0.3 is 0 Å². The van der Waals surface area contributed by atoms with Crippen LogP contribution in [0.15, 0.2) is 29.5 Å². The van der Waals surface area contributed by atoms with Gasteiger partial charge < -0.3 is 20.5 Å². The highest BCUT2D eigenvalue weighted by atomic mass is 16.5. The number of hydrogen-bond acceptors (Lipinski definition) is 5. The Morgan fingerprint density at radius 3 is 3.09 bits per heavy atom. The lowest BCUT2D eigenvalue weighted by Gasteiger charge is -2.26. The fourth-order valence-corrected chi connectivity index (χ4v) is 2.15. The van der Waals surface area contributed by atoms with Gasteiger partial charge in [-0.3, -0.25) is 14.9 Å². The van der Waals surface area contributed by atoms with E-state index in [0.29, 0.717) is 19.1 Å². The second kappa shape index (κ2) is 9.97. The highest BCUT2D eigenvalue weighted by Crippen LogP contribution is 2.04. The molecule has 1 aromatic rings. The van der Waals surface area contributed by atoms with Gasteiger partial charge in [-0.05, 0) is 18.6 Å². The summed E-state index contributed by atoms with van der Waals surface area (Å²) in [5.41, 5.74) is 5.81. The third-order valence-electron chi connectivity index (χ3n) is 3.33. The average molecular weight is 307 g/mol. The summed E-state index contributed by atoms with van der Waals surface area (Å²) in [6.07, 6.45) is 4.41. The van der Waals surface area contributed by atoms with Gasteiger partial charge in [-0.1, -0.05) is 0 Å². The first-order valence-electron chi connectivity index (χ1n) is 7.71. The van der Waals surface area contributed by atoms with E-state index in [4.69, 9.17) is 15.2 Å². The molecule has 1 aliphatic heterocycles. The Morgan fingerprint density at radius 2 is 2.32 bits per heavy atom. The van der Waals surface area contributed by atoms with Crippen LogP contribution < -0.4 is 15.8 Å². The number of nitrogens with two attached hydrogens (primary N) is 1. The second-order valence-electron chi connectivity index (χ2n) is 5.04. The molecule has 22 heavy (non-hydrogen) atoms. The molecule has 0 aromatic carbocycles. The van der Waals surface area contributed by atoms with Crippen LogP contribution in [0.25, 0.3) is 0 Å². The van der Waals surface area contributed by atoms with Crippen molar-refractivity contribution in [3.63, 3.8) is 0 Å². The molecule has 1 saturated heterocycles. The number of nitrogens with zero attached hydrogens (tertiary/aromatic N) is 3. The molecule has 2 rings (SSSR count). The summed E-state index contributed by atoms with van der Waals surface area (Å²) in [7, 11) is 0. The Kier molecular flexibility index (Phi) is 7.48. The highest BCUT2D eigenvalue weighted by molar-refractivity contribution is 5.77. The Labute approximate surface area is 131 Å². The van der Waals surface area contributed by atoms with Gasteiger partial charge in [0.25, 0.3) is 0 Å². The molecule has 122 valence electrons. The zero-order valence-electron chi connectivity index (χ0n) is 12.9. The van der Waals surface area contributed by atoms with Crippen LogP contribution in [-0.4, -0.2) is 68.4 Å². The van der Waals surface area contributed by atoms with Crippen LogP contribution in [0, 0.1) is 0 Å². The van der Waals surface area contributed by atoms with Crippen molar-refractivity contribution in [2.24, 2.45) is 10.7 Å². The largest absolute Gasteiger partial charge is 0.490 e. The molecule has 0 saturated carbocycles. The number of aliphatic imine (C=N–C) groups is 1. The van der Waals surface area contributed by atoms with Crippen LogP contribution in [0.5, 0.6) is 5.75 Å². The zero-order chi connectivity index (χ0) is 15.5. The standard InChI is InChI=1S/C15H25N5O2/c16-15(18-5-2-7-20-8-11-21-12-9-20)19-6-10-22-14-3-1-4-17-13-14/h1,3-4,13H,2,5-12H2,(H3,16,18,19). The first-order chi connectivity index (χ1) is 10.8. The van der Waals surface area contributed by atoms with Gasteiger partial charge in [0.05, 0.1) is 26.0 Å². The van der Waals surface area contributed by atoms with Gasteiger partial charge in [-0.2, -0.15) is 0 Å². The van der Waals surface area contributed by atoms with Gasteiger partial charge in [0.1, 0.15) is 12.4 Å². The predicted octanol–water partition coefficient (Wildman–Crippen LogP) is 0.0870. The molecule has 0 radical (unpaired) electrons. The van der Waals surface area contributed by atoms with Crippen molar-refractivity contribution >= 4 is 5.96 Å². The SMILES string of the molecule is NC(=NCCCN1CCOCC1)NCCOc1cccnc1. The number of ether oxygens (including phenoxy) is 2. The summed E-state index contributed by atoms with van der Waals surface area (Å²) in [6.45, 7) is 6.63. The van der Waals surface area contributed by atoms with Crippen LogP contribution >= 0.6 is 0 Å². The fourth-order valence-electron chi connectivity index (χ4n) is 2.15. The van der Waals surface area contributed by atoms with Crippen LogP contribution in [0.2, 0.25) is 0 Å². The lowest BCUT2D eigenvalue weighted by molar-refractivity contribution is 0.0377. The average Bonchev–Trinajstić information content (AvgIpc) is 2.57. The van der Waals surface area contributed by atoms with E-state index in [2.05, 4.69) is 20.2 Å². The van der Waals surface area contributed by atoms with Crippen LogP contribution in [-0.2, 0) is 4.74 Å². The van der Waals surface area contributed by atoms with Crippen molar-refractivity contribution in [2.45, 2.75) is 6.42 Å². The maximum Gasteiger partial charge on any atom is 0.188 e. The van der Waals surface area contributed by atoms with E-state index >= 15 is 0 Å². The second-order valence-corrected chi connectivity index (χ2v) is 5.04. The van der Waals surface area contributed by atoms with E-state index < -0.39 is 0 Å². The smallest absolute Gasteiger partial charge is 0.188 e. The molecule has 1 fully saturated rings. The summed E-state index contributed by atoms with van der Waals surface area (Å²) in [5, 5.41) is 3.04. The van der Waals surface area contributed by atoms with Crippen LogP contribution in [0.4, 0.5) is 0 Å². The maximum atomic E-state index is 5.81. The summed E-state index contributed by atoms with van der Waals surface area (Å²) < 4.78 is 10.8. The van der Waals surface area contributed by atoms with Crippen molar-refractivity contribution < 1.29 is 9.47 Å². The molecule has 7 nitrogen and oxygen atoms in total. The van der Waals surface area contributed by atoms with Gasteiger partial charge in [-0.15, -0.1) is 0 Å². The number of guanidine groups is 1. The number of rotatable bonds is 8. The molecule has 0 spiro atoms. The molecule has 1 aliphatic rings. The van der Waals surface area contributed by atoms with Gasteiger partial charge in [0.2, 0.25) is 0 Å². The van der Waals surface area contributed by atoms with E-state index in [0.717, 1.165) is 51.6 Å². The number of pyridine rings is 1. The lowest BCUT2D eigenvalue weighted by atomic mass is 10.3. The topological polar surface area (TPSA) is 85.0 Å². The Hall–Kier alpha value is -1.86. The Balaban J connectivity index is 1.50. The third-order valence-corrected chi connectivity index (χ3v) is 3.33. The summed E-state index contributed by atoms with van der Waals surface area (Å²) in [6, 6.07) is 3.71. The molecule has 3 N–H and O–H groups in total. The minimum Gasteiger partial charge on any atom is -0.490 e. The molecule has 0 unspecified atom stereocenters. The van der Waals surface area contributed by atoms with Crippen molar-refractivity contribution in [2.75, 3.05) is 52.5 Å². The van der Waals surface area contributed by atoms with Crippen molar-refractivity contribution in [1.29, 1.82) is 0 Å². The number of morpholine rings is 1. The van der Waals surface area contributed by atoms with Crippen molar-refractivity contribution in [1.82, 2.24) is 15.2 Å². The van der Waals surface area contributed by atoms with Gasteiger partial charge in [0.15, 0.2) is 5.96 Å². The van der Waals surface area contributed by atoms with E-state index in [1.165, 1.54) is 0 Å². The molecular formula is C15H25N5O2. The third kappa shape index (κ3) is 6.73. The molecule has 0 amide bonds. The molecule has 0 bridgehead atoms. The normalized spacial score (nSPS) is 16.5. The zero-order valence-corrected chi connectivity index (χ0v) is 12.9. The first kappa shape index (κ1) is 16.5. The predicted molar refractivity (Wildman–Crippen MR) is 86.1 cm³/mol. The van der Waals surface area contributed by atoms with E-state index in [1.54, 1.807) is 12.4 Å². The minimum atomic E-state index is 0.469. The van der Waals surface area contributed by atoms with E-state index in [1.807, 2.05) is 12.1 Å². The monoisotopic (exact) mass is 307 g/mol. The maximum absolute atomic E-state index is 5.81. The minimum absolute atomic E-state index is 0.469. The molecule has 0 atom stereocenters. The van der Waals surface area contributed by atoms with Gasteiger partial charge in [0, 0.05) is 32.4 Å². The molecule has 2 heterocycles. The van der Waals surface area contributed by atoms with E-state index in [-0.39, 0.29) is 0 Å². The number of nitrogens with one attached hydrogen (secondary N) is 1. The van der Waals surface area contributed by atoms with Gasteiger partial charge in [-0.25, -0.2) is 0 Å². The summed E-state index contributed by atoms with van der Waals surface area (Å²) in [4.78, 5) is 10.7. The Morgan fingerprint density at radius 1 is 1.45 bits per heavy atom. The fraction of sp³-hybridized carbons (Fsp3) is 0.600. The summed E-state index contributed by atoms with van der Waals surface area (Å²) >= 11 is 0. The highest BCUT2D eigenvalue weighted by Gasteiger charge is 2.08. The lowest BCUT2D eigenvalue weighted by Crippen LogP contribution is -2.37. The number of hydrogen-bond donors (Lipinski definition) is 2. The number of aromatic nitrogens is 1. The molecule has 1 aromatic heterocycles. The van der Waals surface area contributed by atoms with E-state index in [9.17, 15) is 0 Å². The molecular weight excluding hydrogens is 282 g/mol. The van der Waals surface area contributed by atoms with Crippen molar-refractivity contribution in [3.05, 3.63) is 24.5 Å². The van der Waals surface area contributed by atoms with Crippen molar-refractivity contribution in [3.8, 4) is 5.75 Å². The Bertz CT molecular complexity index is 435. The molecule has 7 heteroatoms. The first-order valence-corrected chi connectivity index (χ1v) is 7.71. The quantitative estimate of drug-likeness (QED) is 0.402.